The zero-order valence-electron chi connectivity index (χ0n) is 5.68. The summed E-state index contributed by atoms with van der Waals surface area (Å²) in [4.78, 5) is 0. The van der Waals surface area contributed by atoms with Crippen LogP contribution < -0.4 is 5.32 Å². The van der Waals surface area contributed by atoms with E-state index in [1.807, 2.05) is 0 Å². The Labute approximate surface area is 62.1 Å². The van der Waals surface area contributed by atoms with E-state index in [0.717, 1.165) is 19.5 Å². The first-order valence-electron chi connectivity index (χ1n) is 3.08. The van der Waals surface area contributed by atoms with Crippen LogP contribution in [0.15, 0.2) is 0 Å². The second-order valence-electron chi connectivity index (χ2n) is 2.90. The SMILES string of the molecule is C[C@@]1(CO)CCNC1.Cl. The van der Waals surface area contributed by atoms with Crippen molar-refractivity contribution in [2.24, 2.45) is 5.41 Å². The molecule has 3 heteroatoms. The van der Waals surface area contributed by atoms with Gasteiger partial charge in [-0.25, -0.2) is 0 Å². The number of aliphatic hydroxyl groups is 1. The van der Waals surface area contributed by atoms with Gasteiger partial charge in [0.15, 0.2) is 0 Å². The van der Waals surface area contributed by atoms with Crippen molar-refractivity contribution < 1.29 is 5.11 Å². The zero-order chi connectivity index (χ0) is 6.04. The minimum Gasteiger partial charge on any atom is -0.396 e. The summed E-state index contributed by atoms with van der Waals surface area (Å²) in [5, 5.41) is 12.0. The molecule has 9 heavy (non-hydrogen) atoms. The van der Waals surface area contributed by atoms with Crippen LogP contribution in [-0.4, -0.2) is 24.8 Å². The molecule has 0 aromatic heterocycles. The first kappa shape index (κ1) is 9.21. The van der Waals surface area contributed by atoms with E-state index < -0.39 is 0 Å². The first-order chi connectivity index (χ1) is 3.77. The van der Waals surface area contributed by atoms with E-state index in [-0.39, 0.29) is 17.8 Å². The molecule has 0 saturated carbocycles. The lowest BCUT2D eigenvalue weighted by Gasteiger charge is -2.17. The quantitative estimate of drug-likeness (QED) is 0.569. The first-order valence-corrected chi connectivity index (χ1v) is 3.08. The normalized spacial score (nSPS) is 34.0. The zero-order valence-corrected chi connectivity index (χ0v) is 6.50. The Hall–Kier alpha value is 0.210. The van der Waals surface area contributed by atoms with Crippen molar-refractivity contribution in [1.82, 2.24) is 5.32 Å². The van der Waals surface area contributed by atoms with E-state index in [0.29, 0.717) is 6.61 Å². The summed E-state index contributed by atoms with van der Waals surface area (Å²) in [6, 6.07) is 0. The molecule has 1 aliphatic rings. The smallest absolute Gasteiger partial charge is 0.0497 e. The van der Waals surface area contributed by atoms with Gasteiger partial charge in [-0.05, 0) is 13.0 Å². The van der Waals surface area contributed by atoms with Crippen LogP contribution >= 0.6 is 12.4 Å². The molecular formula is C6H14ClNO. The fourth-order valence-electron chi connectivity index (χ4n) is 1.00. The monoisotopic (exact) mass is 151 g/mol. The molecule has 2 N–H and O–H groups in total. The fourth-order valence-corrected chi connectivity index (χ4v) is 1.00. The predicted molar refractivity (Wildman–Crippen MR) is 39.9 cm³/mol. The van der Waals surface area contributed by atoms with Gasteiger partial charge in [-0.1, -0.05) is 6.92 Å². The fraction of sp³-hybridized carbons (Fsp3) is 1.00. The van der Waals surface area contributed by atoms with Crippen LogP contribution in [0, 0.1) is 5.41 Å². The van der Waals surface area contributed by atoms with Crippen molar-refractivity contribution in [3.8, 4) is 0 Å². The average Bonchev–Trinajstić information content (AvgIpc) is 2.17. The number of hydrogen-bond donors (Lipinski definition) is 2. The van der Waals surface area contributed by atoms with Crippen LogP contribution in [0.1, 0.15) is 13.3 Å². The van der Waals surface area contributed by atoms with Gasteiger partial charge in [-0.15, -0.1) is 12.4 Å². The summed E-state index contributed by atoms with van der Waals surface area (Å²) in [7, 11) is 0. The summed E-state index contributed by atoms with van der Waals surface area (Å²) >= 11 is 0. The molecular weight excluding hydrogens is 138 g/mol. The minimum atomic E-state index is 0. The maximum absolute atomic E-state index is 8.79. The molecule has 1 saturated heterocycles. The topological polar surface area (TPSA) is 32.3 Å². The van der Waals surface area contributed by atoms with Gasteiger partial charge in [0, 0.05) is 18.6 Å². The van der Waals surface area contributed by atoms with Crippen molar-refractivity contribution in [3.63, 3.8) is 0 Å². The molecule has 0 radical (unpaired) electrons. The van der Waals surface area contributed by atoms with Crippen LogP contribution in [-0.2, 0) is 0 Å². The van der Waals surface area contributed by atoms with Gasteiger partial charge in [0.05, 0.1) is 0 Å². The van der Waals surface area contributed by atoms with Crippen LogP contribution in [0.5, 0.6) is 0 Å². The Kier molecular flexibility index (Phi) is 3.48. The van der Waals surface area contributed by atoms with E-state index in [4.69, 9.17) is 5.11 Å². The molecule has 2 nitrogen and oxygen atoms in total. The third-order valence-corrected chi connectivity index (χ3v) is 1.84. The van der Waals surface area contributed by atoms with Gasteiger partial charge < -0.3 is 10.4 Å². The lowest BCUT2D eigenvalue weighted by atomic mass is 9.91. The highest BCUT2D eigenvalue weighted by molar-refractivity contribution is 5.85. The van der Waals surface area contributed by atoms with Crippen molar-refractivity contribution in [2.45, 2.75) is 13.3 Å². The molecule has 0 aromatic rings. The van der Waals surface area contributed by atoms with Gasteiger partial charge >= 0.3 is 0 Å². The average molecular weight is 152 g/mol. The molecule has 0 bridgehead atoms. The van der Waals surface area contributed by atoms with E-state index in [1.54, 1.807) is 0 Å². The highest BCUT2D eigenvalue weighted by Crippen LogP contribution is 2.22. The largest absolute Gasteiger partial charge is 0.396 e. The predicted octanol–water partition coefficient (Wildman–Crippen LogP) is 0.400. The molecule has 0 amide bonds. The molecule has 0 unspecified atom stereocenters. The molecule has 0 spiro atoms. The maximum Gasteiger partial charge on any atom is 0.0497 e. The number of rotatable bonds is 1. The van der Waals surface area contributed by atoms with Crippen LogP contribution in [0.25, 0.3) is 0 Å². The molecule has 1 rings (SSSR count). The third kappa shape index (κ3) is 2.12. The molecule has 0 aromatic carbocycles. The minimum absolute atomic E-state index is 0. The number of hydrogen-bond acceptors (Lipinski definition) is 2. The Morgan fingerprint density at radius 2 is 2.33 bits per heavy atom. The second-order valence-corrected chi connectivity index (χ2v) is 2.90. The van der Waals surface area contributed by atoms with Crippen LogP contribution in [0.2, 0.25) is 0 Å². The summed E-state index contributed by atoms with van der Waals surface area (Å²) in [6.07, 6.45) is 1.11. The molecule has 56 valence electrons. The summed E-state index contributed by atoms with van der Waals surface area (Å²) < 4.78 is 0. The van der Waals surface area contributed by atoms with E-state index in [1.165, 1.54) is 0 Å². The van der Waals surface area contributed by atoms with Gasteiger partial charge in [0.2, 0.25) is 0 Å². The van der Waals surface area contributed by atoms with Gasteiger partial charge in [-0.2, -0.15) is 0 Å². The lowest BCUT2D eigenvalue weighted by Crippen LogP contribution is -2.23. The molecule has 1 aliphatic heterocycles. The Morgan fingerprint density at radius 3 is 2.56 bits per heavy atom. The van der Waals surface area contributed by atoms with Crippen LogP contribution in [0.4, 0.5) is 0 Å². The maximum atomic E-state index is 8.79. The summed E-state index contributed by atoms with van der Waals surface area (Å²) in [5.41, 5.74) is 0.181. The Balaban J connectivity index is 0.000000640. The van der Waals surface area contributed by atoms with Gasteiger partial charge in [-0.3, -0.25) is 0 Å². The van der Waals surface area contributed by atoms with Gasteiger partial charge in [0.25, 0.3) is 0 Å². The molecule has 0 aliphatic carbocycles. The second kappa shape index (κ2) is 3.40. The standard InChI is InChI=1S/C6H13NO.ClH/c1-6(5-8)2-3-7-4-6;/h7-8H,2-5H2,1H3;1H/t6-;/m1./s1. The number of halogens is 1. The van der Waals surface area contributed by atoms with E-state index in [9.17, 15) is 0 Å². The van der Waals surface area contributed by atoms with E-state index >= 15 is 0 Å². The van der Waals surface area contributed by atoms with Crippen molar-refractivity contribution in [1.29, 1.82) is 0 Å². The molecule has 1 atom stereocenters. The number of nitrogens with one attached hydrogen (secondary N) is 1. The third-order valence-electron chi connectivity index (χ3n) is 1.84. The van der Waals surface area contributed by atoms with Crippen molar-refractivity contribution in [2.75, 3.05) is 19.7 Å². The van der Waals surface area contributed by atoms with Crippen molar-refractivity contribution >= 4 is 12.4 Å². The summed E-state index contributed by atoms with van der Waals surface area (Å²) in [6.45, 7) is 4.47. The highest BCUT2D eigenvalue weighted by atomic mass is 35.5. The van der Waals surface area contributed by atoms with Crippen molar-refractivity contribution in [3.05, 3.63) is 0 Å². The number of aliphatic hydroxyl groups excluding tert-OH is 1. The summed E-state index contributed by atoms with van der Waals surface area (Å²) in [5.74, 6) is 0. The Morgan fingerprint density at radius 1 is 1.67 bits per heavy atom. The van der Waals surface area contributed by atoms with Gasteiger partial charge in [0.1, 0.15) is 0 Å². The lowest BCUT2D eigenvalue weighted by molar-refractivity contribution is 0.160. The van der Waals surface area contributed by atoms with E-state index in [2.05, 4.69) is 12.2 Å². The van der Waals surface area contributed by atoms with Crippen LogP contribution in [0.3, 0.4) is 0 Å². The highest BCUT2D eigenvalue weighted by Gasteiger charge is 2.26. The molecule has 1 heterocycles. The molecule has 1 fully saturated rings. The Bertz CT molecular complexity index is 81.1.